The molecule has 0 bridgehead atoms. The number of rotatable bonds is 4. The van der Waals surface area contributed by atoms with Gasteiger partial charge >= 0.3 is 12.2 Å². The molecule has 1 aromatic heterocycles. The highest BCUT2D eigenvalue weighted by Crippen LogP contribution is 2.33. The van der Waals surface area contributed by atoms with Gasteiger partial charge in [-0.1, -0.05) is 23.7 Å². The van der Waals surface area contributed by atoms with E-state index in [0.717, 1.165) is 12.1 Å². The quantitative estimate of drug-likeness (QED) is 0.465. The number of alkyl halides is 3. The van der Waals surface area contributed by atoms with Crippen LogP contribution in [0.2, 0.25) is 5.02 Å². The summed E-state index contributed by atoms with van der Waals surface area (Å²) in [4.78, 5) is 48.8. The molecule has 2 aromatic carbocycles. The SMILES string of the molecule is O=C1CCC(n2ccc3ccc(CNC(=O)Nc4ccc(C(F)(F)F)cc4Cl)cc3c2=O)C(=O)N1. The fourth-order valence-electron chi connectivity index (χ4n) is 3.75. The van der Waals surface area contributed by atoms with Crippen molar-refractivity contribution in [2.24, 2.45) is 0 Å². The molecule has 1 fully saturated rings. The smallest absolute Gasteiger partial charge is 0.334 e. The Kier molecular flexibility index (Phi) is 6.53. The summed E-state index contributed by atoms with van der Waals surface area (Å²) >= 11 is 5.85. The van der Waals surface area contributed by atoms with Crippen molar-refractivity contribution in [1.82, 2.24) is 15.2 Å². The van der Waals surface area contributed by atoms with Gasteiger partial charge in [-0.05, 0) is 47.7 Å². The molecule has 1 atom stereocenters. The van der Waals surface area contributed by atoms with Crippen molar-refractivity contribution in [2.45, 2.75) is 31.6 Å². The number of nitrogens with one attached hydrogen (secondary N) is 3. The summed E-state index contributed by atoms with van der Waals surface area (Å²) in [6.07, 6.45) is -2.71. The van der Waals surface area contributed by atoms with Gasteiger partial charge in [0.1, 0.15) is 6.04 Å². The van der Waals surface area contributed by atoms with Crippen LogP contribution in [0.5, 0.6) is 0 Å². The fourth-order valence-corrected chi connectivity index (χ4v) is 3.97. The van der Waals surface area contributed by atoms with Gasteiger partial charge < -0.3 is 15.2 Å². The molecule has 35 heavy (non-hydrogen) atoms. The summed E-state index contributed by atoms with van der Waals surface area (Å²) in [6, 6.07) is 7.70. The monoisotopic (exact) mass is 506 g/mol. The van der Waals surface area contributed by atoms with E-state index in [1.807, 2.05) is 0 Å². The molecule has 4 rings (SSSR count). The van der Waals surface area contributed by atoms with Gasteiger partial charge in [-0.3, -0.25) is 19.7 Å². The average Bonchev–Trinajstić information content (AvgIpc) is 2.79. The van der Waals surface area contributed by atoms with E-state index in [2.05, 4.69) is 16.0 Å². The third kappa shape index (κ3) is 5.29. The number of imide groups is 1. The highest BCUT2D eigenvalue weighted by Gasteiger charge is 2.31. The minimum absolute atomic E-state index is 0.00260. The first-order valence-electron chi connectivity index (χ1n) is 10.4. The number of carbonyl (C=O) groups is 3. The number of pyridine rings is 1. The van der Waals surface area contributed by atoms with Gasteiger partial charge in [-0.15, -0.1) is 0 Å². The summed E-state index contributed by atoms with van der Waals surface area (Å²) in [7, 11) is 0. The molecule has 182 valence electrons. The van der Waals surface area contributed by atoms with Gasteiger partial charge in [-0.2, -0.15) is 13.2 Å². The van der Waals surface area contributed by atoms with Crippen LogP contribution in [0.1, 0.15) is 30.0 Å². The first kappa shape index (κ1) is 24.3. The summed E-state index contributed by atoms with van der Waals surface area (Å²) in [5, 5.41) is 7.84. The summed E-state index contributed by atoms with van der Waals surface area (Å²) in [5.74, 6) is -0.927. The molecule has 8 nitrogen and oxygen atoms in total. The molecule has 2 heterocycles. The average molecular weight is 507 g/mol. The van der Waals surface area contributed by atoms with Gasteiger partial charge in [0.25, 0.3) is 5.56 Å². The number of carbonyl (C=O) groups excluding carboxylic acids is 3. The molecule has 3 aromatic rings. The molecule has 1 aliphatic heterocycles. The van der Waals surface area contributed by atoms with Crippen molar-refractivity contribution in [3.05, 3.63) is 75.2 Å². The maximum absolute atomic E-state index is 13.0. The normalized spacial score (nSPS) is 16.2. The second kappa shape index (κ2) is 9.41. The number of fused-ring (bicyclic) bond motifs is 1. The van der Waals surface area contributed by atoms with E-state index in [9.17, 15) is 32.3 Å². The van der Waals surface area contributed by atoms with E-state index < -0.39 is 35.3 Å². The first-order valence-corrected chi connectivity index (χ1v) is 10.8. The molecule has 1 saturated heterocycles. The fraction of sp³-hybridized carbons (Fsp3) is 0.217. The number of hydrogen-bond donors (Lipinski definition) is 3. The molecule has 1 aliphatic rings. The van der Waals surface area contributed by atoms with Crippen LogP contribution in [0.3, 0.4) is 0 Å². The molecular formula is C23H18ClF3N4O4. The standard InChI is InChI=1S/C23H18ClF3N4O4/c24-16-10-14(23(25,26)27)3-4-17(16)29-22(35)28-11-12-1-2-13-7-8-31(21(34)15(13)9-12)18-5-6-19(32)30-20(18)33/h1-4,7-10,18H,5-6,11H2,(H2,28,29,35)(H,30,32,33). The molecule has 0 aliphatic carbocycles. The zero-order valence-corrected chi connectivity index (χ0v) is 18.7. The van der Waals surface area contributed by atoms with Crippen LogP contribution >= 0.6 is 11.6 Å². The summed E-state index contributed by atoms with van der Waals surface area (Å²) in [5.41, 5.74) is -0.778. The lowest BCUT2D eigenvalue weighted by Crippen LogP contribution is -2.44. The van der Waals surface area contributed by atoms with Crippen molar-refractivity contribution < 1.29 is 27.6 Å². The van der Waals surface area contributed by atoms with Crippen molar-refractivity contribution in [3.8, 4) is 0 Å². The predicted molar refractivity (Wildman–Crippen MR) is 122 cm³/mol. The minimum Gasteiger partial charge on any atom is -0.334 e. The van der Waals surface area contributed by atoms with Crippen molar-refractivity contribution in [1.29, 1.82) is 0 Å². The van der Waals surface area contributed by atoms with Gasteiger partial charge in [0.05, 0.1) is 16.3 Å². The molecule has 12 heteroatoms. The van der Waals surface area contributed by atoms with Gasteiger partial charge in [0.15, 0.2) is 0 Å². The van der Waals surface area contributed by atoms with Crippen LogP contribution in [-0.4, -0.2) is 22.4 Å². The Morgan fingerprint density at radius 1 is 1.11 bits per heavy atom. The highest BCUT2D eigenvalue weighted by atomic mass is 35.5. The lowest BCUT2D eigenvalue weighted by molar-refractivity contribution is -0.138. The maximum Gasteiger partial charge on any atom is 0.416 e. The second-order valence-corrected chi connectivity index (χ2v) is 8.32. The van der Waals surface area contributed by atoms with Gasteiger partial charge in [-0.25, -0.2) is 4.79 Å². The number of urea groups is 1. The molecular weight excluding hydrogens is 489 g/mol. The Hall–Kier alpha value is -3.86. The number of anilines is 1. The zero-order chi connectivity index (χ0) is 25.3. The van der Waals surface area contributed by atoms with Crippen LogP contribution in [0.15, 0.2) is 53.5 Å². The number of halogens is 4. The van der Waals surface area contributed by atoms with E-state index in [1.54, 1.807) is 24.3 Å². The van der Waals surface area contributed by atoms with Gasteiger partial charge in [0, 0.05) is 24.5 Å². The Bertz CT molecular complexity index is 1400. The van der Waals surface area contributed by atoms with Crippen LogP contribution < -0.4 is 21.5 Å². The van der Waals surface area contributed by atoms with Crippen LogP contribution in [0.25, 0.3) is 10.8 Å². The van der Waals surface area contributed by atoms with Gasteiger partial charge in [0.2, 0.25) is 11.8 Å². The number of benzene rings is 2. The van der Waals surface area contributed by atoms with Crippen LogP contribution in [0.4, 0.5) is 23.7 Å². The topological polar surface area (TPSA) is 109 Å². The molecule has 0 saturated carbocycles. The van der Waals surface area contributed by atoms with Crippen LogP contribution in [0, 0.1) is 0 Å². The highest BCUT2D eigenvalue weighted by molar-refractivity contribution is 6.33. The molecule has 4 amide bonds. The largest absolute Gasteiger partial charge is 0.416 e. The van der Waals surface area contributed by atoms with Crippen molar-refractivity contribution >= 4 is 45.9 Å². The second-order valence-electron chi connectivity index (χ2n) is 7.92. The number of hydrogen-bond acceptors (Lipinski definition) is 4. The van der Waals surface area contributed by atoms with Crippen molar-refractivity contribution in [3.63, 3.8) is 0 Å². The zero-order valence-electron chi connectivity index (χ0n) is 17.9. The number of piperidine rings is 1. The summed E-state index contributed by atoms with van der Waals surface area (Å²) < 4.78 is 39.6. The van der Waals surface area contributed by atoms with E-state index in [4.69, 9.17) is 11.6 Å². The molecule has 1 unspecified atom stereocenters. The van der Waals surface area contributed by atoms with E-state index >= 15 is 0 Å². The Labute approximate surface area is 201 Å². The number of nitrogens with zero attached hydrogens (tertiary/aromatic N) is 1. The van der Waals surface area contributed by atoms with Crippen LogP contribution in [-0.2, 0) is 22.3 Å². The molecule has 0 radical (unpaired) electrons. The molecule has 3 N–H and O–H groups in total. The maximum atomic E-state index is 13.0. The number of aromatic nitrogens is 1. The first-order chi connectivity index (χ1) is 16.5. The lowest BCUT2D eigenvalue weighted by atomic mass is 10.0. The van der Waals surface area contributed by atoms with E-state index in [1.165, 1.54) is 10.8 Å². The third-order valence-electron chi connectivity index (χ3n) is 5.54. The lowest BCUT2D eigenvalue weighted by Gasteiger charge is -2.23. The number of amides is 4. The summed E-state index contributed by atoms with van der Waals surface area (Å²) in [6.45, 7) is 0.00672. The Balaban J connectivity index is 1.47. The predicted octanol–water partition coefficient (Wildman–Crippen LogP) is 3.97. The Morgan fingerprint density at radius 2 is 1.89 bits per heavy atom. The van der Waals surface area contributed by atoms with E-state index in [-0.39, 0.29) is 36.0 Å². The third-order valence-corrected chi connectivity index (χ3v) is 5.85. The minimum atomic E-state index is -4.56. The van der Waals surface area contributed by atoms with E-state index in [0.29, 0.717) is 22.4 Å². The molecule has 0 spiro atoms. The van der Waals surface area contributed by atoms with Crippen molar-refractivity contribution in [2.75, 3.05) is 5.32 Å². The Morgan fingerprint density at radius 3 is 2.57 bits per heavy atom.